The molecule has 0 unspecified atom stereocenters. The van der Waals surface area contributed by atoms with Crippen LogP contribution in [-0.2, 0) is 4.79 Å². The molecular formula is C37H70N4O3. The number of hydrogen-bond donors (Lipinski definition) is 6. The number of aliphatic hydroxyl groups is 1. The zero-order chi connectivity index (χ0) is 31.7. The van der Waals surface area contributed by atoms with Crippen LogP contribution < -0.4 is 21.7 Å². The second-order valence-corrected chi connectivity index (χ2v) is 16.3. The van der Waals surface area contributed by atoms with Crippen molar-refractivity contribution >= 4 is 5.97 Å². The maximum Gasteiger partial charge on any atom is 0.306 e. The second kappa shape index (κ2) is 16.9. The van der Waals surface area contributed by atoms with Crippen molar-refractivity contribution in [3.63, 3.8) is 0 Å². The highest BCUT2D eigenvalue weighted by Gasteiger charge is 2.62. The van der Waals surface area contributed by atoms with Crippen molar-refractivity contribution < 1.29 is 15.0 Å². The molecular weight excluding hydrogens is 548 g/mol. The Bertz CT molecular complexity index is 874. The van der Waals surface area contributed by atoms with E-state index in [2.05, 4.69) is 36.7 Å². The van der Waals surface area contributed by atoms with Crippen LogP contribution >= 0.6 is 0 Å². The third-order valence-corrected chi connectivity index (χ3v) is 13.6. The summed E-state index contributed by atoms with van der Waals surface area (Å²) in [6, 6.07) is 0.603. The first kappa shape index (κ1) is 36.1. The Balaban J connectivity index is 1.20. The summed E-state index contributed by atoms with van der Waals surface area (Å²) in [5, 5.41) is 32.0. The Morgan fingerprint density at radius 1 is 0.818 bits per heavy atom. The predicted molar refractivity (Wildman–Crippen MR) is 181 cm³/mol. The van der Waals surface area contributed by atoms with Crippen LogP contribution in [0.2, 0.25) is 0 Å². The van der Waals surface area contributed by atoms with Crippen LogP contribution in [0.3, 0.4) is 0 Å². The van der Waals surface area contributed by atoms with Crippen molar-refractivity contribution in [1.29, 1.82) is 0 Å². The molecule has 7 N–H and O–H groups in total. The minimum absolute atomic E-state index is 0.146. The lowest BCUT2D eigenvalue weighted by molar-refractivity contribution is -0.167. The van der Waals surface area contributed by atoms with Gasteiger partial charge in [-0.25, -0.2) is 0 Å². The Hall–Kier alpha value is -0.730. The lowest BCUT2D eigenvalue weighted by Gasteiger charge is -2.62. The molecule has 0 saturated heterocycles. The molecule has 0 aromatic rings. The fourth-order valence-electron chi connectivity index (χ4n) is 11.0. The first-order valence-corrected chi connectivity index (χ1v) is 18.9. The number of carbonyl (C=O) groups is 1. The number of carboxylic acid groups (broad SMARTS) is 1. The van der Waals surface area contributed by atoms with Gasteiger partial charge in [0.2, 0.25) is 0 Å². The Labute approximate surface area is 270 Å². The third kappa shape index (κ3) is 8.59. The van der Waals surface area contributed by atoms with Gasteiger partial charge < -0.3 is 31.9 Å². The van der Waals surface area contributed by atoms with Gasteiger partial charge in [0.25, 0.3) is 0 Å². The molecule has 256 valence electrons. The maximum absolute atomic E-state index is 11.8. The van der Waals surface area contributed by atoms with Crippen LogP contribution in [0.15, 0.2) is 0 Å². The van der Waals surface area contributed by atoms with Gasteiger partial charge in [0.05, 0.1) is 12.0 Å². The minimum atomic E-state index is -0.663. The number of fused-ring (bicyclic) bond motifs is 5. The van der Waals surface area contributed by atoms with Crippen LogP contribution in [0.25, 0.3) is 0 Å². The van der Waals surface area contributed by atoms with Crippen LogP contribution in [0, 0.1) is 52.3 Å². The first-order chi connectivity index (χ1) is 21.1. The summed E-state index contributed by atoms with van der Waals surface area (Å²) in [5.74, 6) is 2.87. The largest absolute Gasteiger partial charge is 0.481 e. The molecule has 0 spiro atoms. The highest BCUT2D eigenvalue weighted by molar-refractivity contribution is 5.69. The van der Waals surface area contributed by atoms with Gasteiger partial charge in [-0.3, -0.25) is 4.79 Å². The fourth-order valence-corrected chi connectivity index (χ4v) is 11.0. The van der Waals surface area contributed by atoms with Crippen molar-refractivity contribution in [1.82, 2.24) is 16.0 Å². The van der Waals surface area contributed by atoms with Crippen molar-refractivity contribution in [2.75, 3.05) is 39.3 Å². The molecule has 7 heteroatoms. The van der Waals surface area contributed by atoms with Crippen molar-refractivity contribution in [3.05, 3.63) is 0 Å². The average molecular weight is 619 g/mol. The molecule has 4 fully saturated rings. The molecule has 4 rings (SSSR count). The Kier molecular flexibility index (Phi) is 13.9. The van der Waals surface area contributed by atoms with E-state index >= 15 is 0 Å². The molecule has 0 radical (unpaired) electrons. The topological polar surface area (TPSA) is 120 Å². The number of carboxylic acids is 1. The van der Waals surface area contributed by atoms with Crippen LogP contribution in [0.1, 0.15) is 124 Å². The average Bonchev–Trinajstić information content (AvgIpc) is 3.35. The normalized spacial score (nSPS) is 38.0. The second-order valence-electron chi connectivity index (χ2n) is 16.3. The third-order valence-electron chi connectivity index (χ3n) is 13.6. The van der Waals surface area contributed by atoms with E-state index in [9.17, 15) is 15.0 Å². The van der Waals surface area contributed by atoms with Gasteiger partial charge in [-0.2, -0.15) is 0 Å². The molecule has 0 aromatic carbocycles. The van der Waals surface area contributed by atoms with Gasteiger partial charge in [0.15, 0.2) is 0 Å². The quantitative estimate of drug-likeness (QED) is 0.101. The molecule has 4 aliphatic rings. The number of hydrogen-bond acceptors (Lipinski definition) is 6. The summed E-state index contributed by atoms with van der Waals surface area (Å²) >= 11 is 0. The minimum Gasteiger partial charge on any atom is -0.481 e. The summed E-state index contributed by atoms with van der Waals surface area (Å²) in [6.07, 6.45) is 17.5. The molecule has 0 bridgehead atoms. The standard InChI is InChI=1S/C37H70N4O3/c1-26(10-7-11-27(2)35(43)44)30-12-13-31-34-32(15-17-37(30,31)4)36(3)16-14-29(24-28(36)25-33(34)42)41-23-9-22-40-20-6-5-19-39-21-8-18-38/h26-34,39-42H,5-25,38H2,1-4H3,(H,43,44)/t26-,27-,28-,29+,30-,31+,32+,33-,34+,36+,37-/m1/s1. The SMILES string of the molecule is C[C@H](CCC[C@@H](C)[C@H]1CC[C@H]2[C@@H]3[C@H](O)C[C@H]4C[C@@H](NCCCNCCCCNCCCN)CC[C@]4(C)[C@H]3CC[C@]12C)C(=O)O. The smallest absolute Gasteiger partial charge is 0.306 e. The van der Waals surface area contributed by atoms with Gasteiger partial charge in [-0.1, -0.05) is 40.5 Å². The van der Waals surface area contributed by atoms with Gasteiger partial charge in [-0.05, 0) is 169 Å². The molecule has 7 nitrogen and oxygen atoms in total. The van der Waals surface area contributed by atoms with E-state index in [-0.39, 0.29) is 12.0 Å². The molecule has 4 aliphatic carbocycles. The van der Waals surface area contributed by atoms with Crippen LogP contribution in [0.5, 0.6) is 0 Å². The number of nitrogens with two attached hydrogens (primary N) is 1. The maximum atomic E-state index is 11.8. The zero-order valence-electron chi connectivity index (χ0n) is 28.9. The molecule has 0 amide bonds. The summed E-state index contributed by atoms with van der Waals surface area (Å²) in [7, 11) is 0. The Morgan fingerprint density at radius 3 is 2.18 bits per heavy atom. The van der Waals surface area contributed by atoms with Crippen molar-refractivity contribution in [3.8, 4) is 0 Å². The monoisotopic (exact) mass is 619 g/mol. The van der Waals surface area contributed by atoms with E-state index in [1.54, 1.807) is 0 Å². The van der Waals surface area contributed by atoms with Crippen LogP contribution in [0.4, 0.5) is 0 Å². The Morgan fingerprint density at radius 2 is 1.48 bits per heavy atom. The van der Waals surface area contributed by atoms with E-state index in [1.165, 1.54) is 64.2 Å². The van der Waals surface area contributed by atoms with Crippen molar-refractivity contribution in [2.24, 2.45) is 58.0 Å². The van der Waals surface area contributed by atoms with Gasteiger partial charge >= 0.3 is 5.97 Å². The van der Waals surface area contributed by atoms with Gasteiger partial charge in [-0.15, -0.1) is 0 Å². The summed E-state index contributed by atoms with van der Waals surface area (Å²) in [6.45, 7) is 15.6. The highest BCUT2D eigenvalue weighted by Crippen LogP contribution is 2.68. The molecule has 0 aliphatic heterocycles. The molecule has 11 atom stereocenters. The number of nitrogens with one attached hydrogen (secondary N) is 3. The number of unbranched alkanes of at least 4 members (excludes halogenated alkanes) is 1. The van der Waals surface area contributed by atoms with Crippen molar-refractivity contribution in [2.45, 2.75) is 136 Å². The van der Waals surface area contributed by atoms with E-state index < -0.39 is 5.97 Å². The summed E-state index contributed by atoms with van der Waals surface area (Å²) < 4.78 is 0. The highest BCUT2D eigenvalue weighted by atomic mass is 16.4. The predicted octanol–water partition coefficient (Wildman–Crippen LogP) is 5.80. The lowest BCUT2D eigenvalue weighted by atomic mass is 9.43. The fraction of sp³-hybridized carbons (Fsp3) is 0.973. The van der Waals surface area contributed by atoms with E-state index in [0.29, 0.717) is 52.4 Å². The summed E-state index contributed by atoms with van der Waals surface area (Å²) in [4.78, 5) is 11.3. The summed E-state index contributed by atoms with van der Waals surface area (Å²) in [5.41, 5.74) is 6.24. The molecule has 4 saturated carbocycles. The van der Waals surface area contributed by atoms with Crippen LogP contribution in [-0.4, -0.2) is 67.6 Å². The molecule has 0 heterocycles. The van der Waals surface area contributed by atoms with E-state index in [4.69, 9.17) is 5.73 Å². The number of aliphatic carboxylic acids is 1. The first-order valence-electron chi connectivity index (χ1n) is 18.9. The lowest BCUT2D eigenvalue weighted by Crippen LogP contribution is -2.59. The molecule has 44 heavy (non-hydrogen) atoms. The number of rotatable bonds is 19. The zero-order valence-corrected chi connectivity index (χ0v) is 28.9. The van der Waals surface area contributed by atoms with E-state index in [0.717, 1.165) is 71.4 Å². The number of aliphatic hydroxyl groups excluding tert-OH is 1. The van der Waals surface area contributed by atoms with Gasteiger partial charge in [0, 0.05) is 6.04 Å². The molecule has 0 aromatic heterocycles. The van der Waals surface area contributed by atoms with Gasteiger partial charge in [0.1, 0.15) is 0 Å². The van der Waals surface area contributed by atoms with E-state index in [1.807, 2.05) is 6.92 Å².